The van der Waals surface area contributed by atoms with E-state index in [1.165, 1.54) is 103 Å². The van der Waals surface area contributed by atoms with Crippen LogP contribution in [0.25, 0.3) is 75.4 Å². The molecule has 0 fully saturated rings. The second kappa shape index (κ2) is 27.1. The average Bonchev–Trinajstić information content (AvgIpc) is 3.47. The Morgan fingerprint density at radius 1 is 0.234 bits per heavy atom. The van der Waals surface area contributed by atoms with Gasteiger partial charge in [0.1, 0.15) is 0 Å². The van der Waals surface area contributed by atoms with Gasteiger partial charge in [-0.15, -0.1) is 0 Å². The number of pyridine rings is 7. The van der Waals surface area contributed by atoms with E-state index in [4.69, 9.17) is 0 Å². The molecule has 0 radical (unpaired) electrons. The monoisotopic (exact) mass is 1000 g/mol. The number of aryl methyl sites for hydroxylation is 7. The van der Waals surface area contributed by atoms with Crippen molar-refractivity contribution >= 4 is 75.4 Å². The second-order valence-electron chi connectivity index (χ2n) is 18.8. The molecule has 7 heteroatoms. The first-order valence-corrected chi connectivity index (χ1v) is 25.7. The fourth-order valence-corrected chi connectivity index (χ4v) is 8.69. The summed E-state index contributed by atoms with van der Waals surface area (Å²) in [6.07, 6.45) is 22.4. The van der Waals surface area contributed by atoms with Crippen LogP contribution >= 0.6 is 0 Å². The average molecular weight is 1000 g/mol. The maximum atomic E-state index is 4.21. The zero-order valence-corrected chi connectivity index (χ0v) is 44.9. The topological polar surface area (TPSA) is 90.2 Å². The summed E-state index contributed by atoms with van der Waals surface area (Å²) in [4.78, 5) is 28.8. The molecule has 7 aromatic heterocycles. The number of nitrogens with zero attached hydrogens (tertiary/aromatic N) is 7. The Labute approximate surface area is 452 Å². The third kappa shape index (κ3) is 15.3. The molecule has 0 bridgehead atoms. The molecule has 14 rings (SSSR count). The Morgan fingerprint density at radius 3 is 1.39 bits per heavy atom. The molecule has 378 valence electrons. The molecule has 0 saturated heterocycles. The van der Waals surface area contributed by atoms with Crippen LogP contribution in [-0.2, 0) is 0 Å². The summed E-state index contributed by atoms with van der Waals surface area (Å²) in [5, 5.41) is 17.4. The minimum atomic E-state index is 1.07. The third-order valence-electron chi connectivity index (χ3n) is 12.9. The van der Waals surface area contributed by atoms with Gasteiger partial charge >= 0.3 is 0 Å². The van der Waals surface area contributed by atoms with Crippen molar-refractivity contribution in [2.75, 3.05) is 0 Å². The van der Waals surface area contributed by atoms with Crippen molar-refractivity contribution in [1.29, 1.82) is 0 Å². The zero-order chi connectivity index (χ0) is 53.8. The van der Waals surface area contributed by atoms with E-state index in [0.717, 1.165) is 11.4 Å². The highest BCUT2D eigenvalue weighted by atomic mass is 14.7. The summed E-state index contributed by atoms with van der Waals surface area (Å²) in [6.45, 7) is 14.5. The van der Waals surface area contributed by atoms with Crippen molar-refractivity contribution in [3.8, 4) is 0 Å². The fraction of sp³-hybridized carbons (Fsp3) is 0.100. The zero-order valence-electron chi connectivity index (χ0n) is 44.9. The lowest BCUT2D eigenvalue weighted by Crippen LogP contribution is -1.80. The molecule has 7 nitrogen and oxygen atoms in total. The minimum absolute atomic E-state index is 1.07. The van der Waals surface area contributed by atoms with E-state index in [0.29, 0.717) is 0 Å². The maximum absolute atomic E-state index is 4.21. The van der Waals surface area contributed by atoms with Crippen molar-refractivity contribution < 1.29 is 0 Å². The van der Waals surface area contributed by atoms with Crippen LogP contribution in [0.15, 0.2) is 256 Å². The molecule has 0 aliphatic carbocycles. The Balaban J connectivity index is 0.000000119. The van der Waals surface area contributed by atoms with Gasteiger partial charge in [-0.3, -0.25) is 34.9 Å². The van der Waals surface area contributed by atoms with Crippen molar-refractivity contribution in [3.63, 3.8) is 0 Å². The lowest BCUT2D eigenvalue weighted by Gasteiger charge is -1.98. The van der Waals surface area contributed by atoms with Gasteiger partial charge in [0.2, 0.25) is 0 Å². The third-order valence-corrected chi connectivity index (χ3v) is 12.9. The van der Waals surface area contributed by atoms with E-state index in [1.807, 2.05) is 149 Å². The number of rotatable bonds is 0. The highest BCUT2D eigenvalue weighted by molar-refractivity contribution is 5.87. The molecule has 0 spiro atoms. The highest BCUT2D eigenvalue weighted by Crippen LogP contribution is 2.19. The van der Waals surface area contributed by atoms with Crippen molar-refractivity contribution in [1.82, 2.24) is 34.9 Å². The highest BCUT2D eigenvalue weighted by Gasteiger charge is 1.98. The first-order chi connectivity index (χ1) is 37.6. The van der Waals surface area contributed by atoms with Crippen LogP contribution < -0.4 is 0 Å². The Bertz CT molecular complexity index is 3640. The van der Waals surface area contributed by atoms with E-state index < -0.39 is 0 Å². The maximum Gasteiger partial charge on any atom is 0.0450 e. The molecule has 0 aliphatic rings. The first-order valence-electron chi connectivity index (χ1n) is 25.7. The molecular formula is C70H63N7. The number of hydrogen-bond acceptors (Lipinski definition) is 7. The normalized spacial score (nSPS) is 10.3. The quantitative estimate of drug-likeness (QED) is 0.149. The molecule has 7 heterocycles. The molecule has 7 aromatic carbocycles. The molecule has 0 aliphatic heterocycles. The van der Waals surface area contributed by atoms with Crippen LogP contribution in [-0.4, -0.2) is 34.9 Å². The second-order valence-corrected chi connectivity index (χ2v) is 18.8. The Kier molecular flexibility index (Phi) is 18.9. The molecule has 0 atom stereocenters. The van der Waals surface area contributed by atoms with Crippen LogP contribution in [0.4, 0.5) is 0 Å². The first kappa shape index (κ1) is 53.7. The Morgan fingerprint density at radius 2 is 0.688 bits per heavy atom. The van der Waals surface area contributed by atoms with Crippen LogP contribution in [0.3, 0.4) is 0 Å². The smallest absolute Gasteiger partial charge is 0.0450 e. The van der Waals surface area contributed by atoms with Gasteiger partial charge in [-0.05, 0) is 145 Å². The SMILES string of the molecule is Cc1cc2ccccc2cn1.Cc1ccc2ccncc2c1.Cc1ccc2cnccc2c1.Cc1cccc2ccncc12.Cc1cccc2cnccc12.Cc1cncc2ccccc12.Cc1nccc2ccccc12. The summed E-state index contributed by atoms with van der Waals surface area (Å²) >= 11 is 0. The van der Waals surface area contributed by atoms with Gasteiger partial charge in [0, 0.05) is 123 Å². The molecule has 77 heavy (non-hydrogen) atoms. The van der Waals surface area contributed by atoms with Gasteiger partial charge in [0.15, 0.2) is 0 Å². The fourth-order valence-electron chi connectivity index (χ4n) is 8.69. The molecule has 0 N–H and O–H groups in total. The summed E-state index contributed by atoms with van der Waals surface area (Å²) in [6, 6.07) is 62.3. The van der Waals surface area contributed by atoms with Crippen molar-refractivity contribution in [2.45, 2.75) is 48.5 Å². The van der Waals surface area contributed by atoms with E-state index in [-0.39, 0.29) is 0 Å². The lowest BCUT2D eigenvalue weighted by atomic mass is 10.1. The number of fused-ring (bicyclic) bond motifs is 7. The molecule has 0 unspecified atom stereocenters. The van der Waals surface area contributed by atoms with Crippen molar-refractivity contribution in [2.24, 2.45) is 0 Å². The molecule has 14 aromatic rings. The van der Waals surface area contributed by atoms with E-state index in [1.54, 1.807) is 0 Å². The van der Waals surface area contributed by atoms with Gasteiger partial charge in [-0.25, -0.2) is 0 Å². The predicted molar refractivity (Wildman–Crippen MR) is 325 cm³/mol. The van der Waals surface area contributed by atoms with E-state index in [2.05, 4.69) is 191 Å². The van der Waals surface area contributed by atoms with Gasteiger partial charge in [-0.2, -0.15) is 0 Å². The van der Waals surface area contributed by atoms with Gasteiger partial charge < -0.3 is 0 Å². The van der Waals surface area contributed by atoms with Gasteiger partial charge in [0.05, 0.1) is 0 Å². The van der Waals surface area contributed by atoms with Gasteiger partial charge in [-0.1, -0.05) is 151 Å². The lowest BCUT2D eigenvalue weighted by molar-refractivity contribution is 1.22. The molecule has 0 amide bonds. The number of benzene rings is 7. The Hall–Kier alpha value is -9.59. The number of hydrogen-bond donors (Lipinski definition) is 0. The van der Waals surface area contributed by atoms with Crippen molar-refractivity contribution in [3.05, 3.63) is 296 Å². The van der Waals surface area contributed by atoms with Crippen LogP contribution in [0, 0.1) is 48.5 Å². The summed E-state index contributed by atoms with van der Waals surface area (Å²) < 4.78 is 0. The minimum Gasteiger partial charge on any atom is -0.264 e. The largest absolute Gasteiger partial charge is 0.264 e. The van der Waals surface area contributed by atoms with Gasteiger partial charge in [0.25, 0.3) is 0 Å². The predicted octanol–water partition coefficient (Wildman–Crippen LogP) is 17.8. The molecular weight excluding hydrogens is 939 g/mol. The van der Waals surface area contributed by atoms with E-state index >= 15 is 0 Å². The van der Waals surface area contributed by atoms with Crippen LogP contribution in [0.1, 0.15) is 39.2 Å². The summed E-state index contributed by atoms with van der Waals surface area (Å²) in [7, 11) is 0. The number of aromatic nitrogens is 7. The summed E-state index contributed by atoms with van der Waals surface area (Å²) in [5.41, 5.74) is 8.59. The molecule has 0 saturated carbocycles. The van der Waals surface area contributed by atoms with Crippen LogP contribution in [0.2, 0.25) is 0 Å². The summed E-state index contributed by atoms with van der Waals surface area (Å²) in [5.74, 6) is 0. The standard InChI is InChI=1S/7C10H9N/c1-8-2-3-10-7-11-5-4-9(10)6-8;1-8-2-3-9-4-5-11-7-10(9)6-8;1-8-3-2-4-9-7-11-6-5-10(8)9;1-8-3-2-4-9-5-6-11-7-10(8)9;1-8-6-11-7-9-4-2-3-5-10(8)9;1-8-6-9-4-2-3-5-10(9)7-11-8;1-8-10-5-3-2-4-9(10)6-7-11-8/h7*2-7H,1H3. The van der Waals surface area contributed by atoms with E-state index in [9.17, 15) is 0 Å². The van der Waals surface area contributed by atoms with Crippen LogP contribution in [0.5, 0.6) is 0 Å².